The smallest absolute Gasteiger partial charge is 0.467 e. The molecule has 2 aromatic rings. The second-order valence-corrected chi connectivity index (χ2v) is 6.16. The summed E-state index contributed by atoms with van der Waals surface area (Å²) < 4.78 is 45.5. The fourth-order valence-corrected chi connectivity index (χ4v) is 2.85. The summed E-state index contributed by atoms with van der Waals surface area (Å²) in [4.78, 5) is 25.9. The number of nitrogens with zero attached hydrogens (tertiary/aromatic N) is 1. The lowest BCUT2D eigenvalue weighted by Gasteiger charge is -2.17. The van der Waals surface area contributed by atoms with Crippen LogP contribution in [0.3, 0.4) is 0 Å². The fourth-order valence-electron chi connectivity index (χ4n) is 2.85. The SMILES string of the molecule is O=C(NCc1ccco1)[C@H]1CC(=O)N(Cc2ccc(OC(F)(F)F)cc2)C1. The van der Waals surface area contributed by atoms with E-state index in [1.165, 1.54) is 35.4 Å². The van der Waals surface area contributed by atoms with Crippen LogP contribution in [0.25, 0.3) is 0 Å². The Hall–Kier alpha value is -2.97. The van der Waals surface area contributed by atoms with Gasteiger partial charge in [0.25, 0.3) is 0 Å². The number of carbonyl (C=O) groups excluding carboxylic acids is 2. The number of nitrogens with one attached hydrogen (secondary N) is 1. The molecule has 0 spiro atoms. The van der Waals surface area contributed by atoms with Crippen LogP contribution in [0.1, 0.15) is 17.7 Å². The average Bonchev–Trinajstić information content (AvgIpc) is 3.23. The van der Waals surface area contributed by atoms with Gasteiger partial charge in [-0.15, -0.1) is 13.2 Å². The van der Waals surface area contributed by atoms with E-state index in [0.717, 1.165) is 0 Å². The quantitative estimate of drug-likeness (QED) is 0.834. The van der Waals surface area contributed by atoms with Crippen molar-refractivity contribution in [3.8, 4) is 5.75 Å². The van der Waals surface area contributed by atoms with Crippen LogP contribution in [0.2, 0.25) is 0 Å². The minimum atomic E-state index is -4.75. The third kappa shape index (κ3) is 5.25. The average molecular weight is 382 g/mol. The van der Waals surface area contributed by atoms with Gasteiger partial charge >= 0.3 is 6.36 Å². The van der Waals surface area contributed by atoms with E-state index in [-0.39, 0.29) is 43.6 Å². The monoisotopic (exact) mass is 382 g/mol. The molecule has 144 valence electrons. The zero-order valence-electron chi connectivity index (χ0n) is 14.2. The number of ether oxygens (including phenoxy) is 1. The molecule has 2 heterocycles. The highest BCUT2D eigenvalue weighted by atomic mass is 19.4. The first-order valence-electron chi connectivity index (χ1n) is 8.23. The summed E-state index contributed by atoms with van der Waals surface area (Å²) in [6.07, 6.45) is -3.14. The van der Waals surface area contributed by atoms with E-state index in [2.05, 4.69) is 10.1 Å². The normalized spacial score (nSPS) is 17.2. The Bertz CT molecular complexity index is 788. The Kier molecular flexibility index (Phi) is 5.38. The lowest BCUT2D eigenvalue weighted by Crippen LogP contribution is -2.32. The molecule has 9 heteroatoms. The van der Waals surface area contributed by atoms with Crippen LogP contribution in [0, 0.1) is 5.92 Å². The highest BCUT2D eigenvalue weighted by Gasteiger charge is 2.34. The molecular formula is C18H17F3N2O4. The molecule has 0 bridgehead atoms. The Morgan fingerprint density at radius 2 is 2.00 bits per heavy atom. The zero-order valence-corrected chi connectivity index (χ0v) is 14.2. The highest BCUT2D eigenvalue weighted by Crippen LogP contribution is 2.25. The first-order valence-corrected chi connectivity index (χ1v) is 8.23. The molecule has 1 atom stereocenters. The van der Waals surface area contributed by atoms with Crippen molar-refractivity contribution in [2.24, 2.45) is 5.92 Å². The van der Waals surface area contributed by atoms with Crippen LogP contribution >= 0.6 is 0 Å². The van der Waals surface area contributed by atoms with Gasteiger partial charge in [-0.1, -0.05) is 12.1 Å². The minimum absolute atomic E-state index is 0.0965. The van der Waals surface area contributed by atoms with Crippen LogP contribution in [0.15, 0.2) is 47.1 Å². The number of alkyl halides is 3. The van der Waals surface area contributed by atoms with Gasteiger partial charge in [0.1, 0.15) is 11.5 Å². The molecule has 1 aromatic carbocycles. The van der Waals surface area contributed by atoms with E-state index in [9.17, 15) is 22.8 Å². The van der Waals surface area contributed by atoms with Crippen molar-refractivity contribution in [2.75, 3.05) is 6.54 Å². The third-order valence-corrected chi connectivity index (χ3v) is 4.13. The molecular weight excluding hydrogens is 365 g/mol. The summed E-state index contributed by atoms with van der Waals surface area (Å²) in [5.41, 5.74) is 0.648. The van der Waals surface area contributed by atoms with Gasteiger partial charge in [-0.05, 0) is 29.8 Å². The zero-order chi connectivity index (χ0) is 19.4. The van der Waals surface area contributed by atoms with E-state index in [1.807, 2.05) is 0 Å². The lowest BCUT2D eigenvalue weighted by molar-refractivity contribution is -0.274. The van der Waals surface area contributed by atoms with Gasteiger partial charge in [0.05, 0.1) is 18.7 Å². The van der Waals surface area contributed by atoms with Crippen LogP contribution < -0.4 is 10.1 Å². The van der Waals surface area contributed by atoms with Crippen LogP contribution in [-0.2, 0) is 22.7 Å². The highest BCUT2D eigenvalue weighted by molar-refractivity contribution is 5.89. The molecule has 1 aliphatic heterocycles. The topological polar surface area (TPSA) is 71.8 Å². The van der Waals surface area contributed by atoms with E-state index in [0.29, 0.717) is 11.3 Å². The number of amides is 2. The molecule has 1 aromatic heterocycles. The van der Waals surface area contributed by atoms with Gasteiger partial charge in [-0.25, -0.2) is 0 Å². The fraction of sp³-hybridized carbons (Fsp3) is 0.333. The van der Waals surface area contributed by atoms with Gasteiger partial charge in [-0.2, -0.15) is 0 Å². The van der Waals surface area contributed by atoms with E-state index < -0.39 is 12.3 Å². The largest absolute Gasteiger partial charge is 0.573 e. The molecule has 1 saturated heterocycles. The maximum atomic E-state index is 12.2. The predicted molar refractivity (Wildman–Crippen MR) is 87.2 cm³/mol. The van der Waals surface area contributed by atoms with Crippen LogP contribution in [-0.4, -0.2) is 29.6 Å². The Morgan fingerprint density at radius 1 is 1.26 bits per heavy atom. The summed E-state index contributed by atoms with van der Waals surface area (Å²) >= 11 is 0. The van der Waals surface area contributed by atoms with E-state index in [4.69, 9.17) is 4.42 Å². The van der Waals surface area contributed by atoms with Gasteiger partial charge in [-0.3, -0.25) is 9.59 Å². The van der Waals surface area contributed by atoms with Crippen molar-refractivity contribution in [2.45, 2.75) is 25.9 Å². The first-order chi connectivity index (χ1) is 12.8. The summed E-state index contributed by atoms with van der Waals surface area (Å²) in [5.74, 6) is -0.597. The van der Waals surface area contributed by atoms with Crippen LogP contribution in [0.4, 0.5) is 13.2 Å². The minimum Gasteiger partial charge on any atom is -0.467 e. The maximum absolute atomic E-state index is 12.2. The van der Waals surface area contributed by atoms with Crippen molar-refractivity contribution >= 4 is 11.8 Å². The van der Waals surface area contributed by atoms with E-state index in [1.54, 1.807) is 12.1 Å². The Labute approximate surface area is 152 Å². The van der Waals surface area contributed by atoms with Crippen molar-refractivity contribution in [1.82, 2.24) is 10.2 Å². The van der Waals surface area contributed by atoms with Crippen molar-refractivity contribution in [1.29, 1.82) is 0 Å². The number of hydrogen-bond donors (Lipinski definition) is 1. The Morgan fingerprint density at radius 3 is 2.63 bits per heavy atom. The number of hydrogen-bond acceptors (Lipinski definition) is 4. The third-order valence-electron chi connectivity index (χ3n) is 4.13. The molecule has 1 fully saturated rings. The van der Waals surface area contributed by atoms with Gasteiger partial charge in [0.15, 0.2) is 0 Å². The molecule has 1 N–H and O–H groups in total. The number of rotatable bonds is 6. The van der Waals surface area contributed by atoms with Crippen molar-refractivity contribution < 1.29 is 31.9 Å². The Balaban J connectivity index is 1.52. The van der Waals surface area contributed by atoms with Crippen LogP contribution in [0.5, 0.6) is 5.75 Å². The summed E-state index contributed by atoms with van der Waals surface area (Å²) in [7, 11) is 0. The second-order valence-electron chi connectivity index (χ2n) is 6.16. The number of furan rings is 1. The maximum Gasteiger partial charge on any atom is 0.573 e. The molecule has 0 unspecified atom stereocenters. The molecule has 2 amide bonds. The molecule has 0 radical (unpaired) electrons. The predicted octanol–water partition coefficient (Wildman–Crippen LogP) is 2.84. The number of likely N-dealkylation sites (tertiary alicyclic amines) is 1. The van der Waals surface area contributed by atoms with Crippen molar-refractivity contribution in [3.05, 3.63) is 54.0 Å². The summed E-state index contributed by atoms with van der Waals surface area (Å²) in [6.45, 7) is 0.716. The number of halogens is 3. The molecule has 0 aliphatic carbocycles. The second kappa shape index (κ2) is 7.73. The summed E-state index contributed by atoms with van der Waals surface area (Å²) in [6, 6.07) is 8.75. The number of carbonyl (C=O) groups is 2. The molecule has 27 heavy (non-hydrogen) atoms. The molecule has 3 rings (SSSR count). The number of benzene rings is 1. The van der Waals surface area contributed by atoms with Gasteiger partial charge in [0, 0.05) is 19.5 Å². The molecule has 6 nitrogen and oxygen atoms in total. The lowest BCUT2D eigenvalue weighted by atomic mass is 10.1. The summed E-state index contributed by atoms with van der Waals surface area (Å²) in [5, 5.41) is 2.73. The standard InChI is InChI=1S/C18H17F3N2O4/c19-18(20,21)27-14-5-3-12(4-6-14)10-23-11-13(8-16(23)24)17(25)22-9-15-2-1-7-26-15/h1-7,13H,8-11H2,(H,22,25)/t13-/m0/s1. The van der Waals surface area contributed by atoms with E-state index >= 15 is 0 Å². The first kappa shape index (κ1) is 18.8. The molecule has 0 saturated carbocycles. The van der Waals surface area contributed by atoms with Crippen molar-refractivity contribution in [3.63, 3.8) is 0 Å². The molecule has 1 aliphatic rings. The van der Waals surface area contributed by atoms with Gasteiger partial charge < -0.3 is 19.4 Å². The van der Waals surface area contributed by atoms with Gasteiger partial charge in [0.2, 0.25) is 11.8 Å².